The van der Waals surface area contributed by atoms with Crippen molar-refractivity contribution < 1.29 is 9.50 Å². The van der Waals surface area contributed by atoms with E-state index in [1.807, 2.05) is 0 Å². The molecule has 3 heteroatoms. The van der Waals surface area contributed by atoms with Crippen molar-refractivity contribution in [3.8, 4) is 11.8 Å². The van der Waals surface area contributed by atoms with Crippen LogP contribution in [0.25, 0.3) is 0 Å². The first-order chi connectivity index (χ1) is 5.34. The molecular weight excluding hydrogens is 145 g/mol. The van der Waals surface area contributed by atoms with Gasteiger partial charge >= 0.3 is 0 Å². The summed E-state index contributed by atoms with van der Waals surface area (Å²) in [6.45, 7) is -0.270. The predicted octanol–water partition coefficient (Wildman–Crippen LogP) is 0.564. The van der Waals surface area contributed by atoms with Crippen LogP contribution in [0.15, 0.2) is 18.3 Å². The minimum Gasteiger partial charge on any atom is -0.384 e. The van der Waals surface area contributed by atoms with E-state index in [0.29, 0.717) is 0 Å². The van der Waals surface area contributed by atoms with E-state index >= 15 is 0 Å². The van der Waals surface area contributed by atoms with E-state index in [2.05, 4.69) is 16.8 Å². The first kappa shape index (κ1) is 7.70. The Morgan fingerprint density at radius 1 is 1.64 bits per heavy atom. The molecule has 0 aliphatic rings. The molecule has 1 aromatic heterocycles. The molecule has 0 saturated carbocycles. The molecule has 1 rings (SSSR count). The number of rotatable bonds is 0. The van der Waals surface area contributed by atoms with Gasteiger partial charge in [0.1, 0.15) is 6.61 Å². The molecule has 0 aliphatic heterocycles. The highest BCUT2D eigenvalue weighted by atomic mass is 19.1. The van der Waals surface area contributed by atoms with E-state index in [1.165, 1.54) is 12.3 Å². The molecule has 1 N–H and O–H groups in total. The van der Waals surface area contributed by atoms with E-state index in [9.17, 15) is 4.39 Å². The zero-order chi connectivity index (χ0) is 8.10. The van der Waals surface area contributed by atoms with Crippen LogP contribution in [0.3, 0.4) is 0 Å². The van der Waals surface area contributed by atoms with Gasteiger partial charge in [-0.05, 0) is 12.1 Å². The Kier molecular flexibility index (Phi) is 2.59. The van der Waals surface area contributed by atoms with Crippen LogP contribution in [0.2, 0.25) is 0 Å². The summed E-state index contributed by atoms with van der Waals surface area (Å²) in [5, 5.41) is 8.30. The molecule has 56 valence electrons. The van der Waals surface area contributed by atoms with Crippen LogP contribution >= 0.6 is 0 Å². The van der Waals surface area contributed by atoms with Crippen molar-refractivity contribution in [1.29, 1.82) is 0 Å². The maximum absolute atomic E-state index is 12.6. The minimum absolute atomic E-state index is 0.210. The van der Waals surface area contributed by atoms with Crippen LogP contribution in [0.5, 0.6) is 0 Å². The largest absolute Gasteiger partial charge is 0.384 e. The summed E-state index contributed by atoms with van der Waals surface area (Å²) in [5.74, 6) is 4.15. The molecule has 1 heterocycles. The summed E-state index contributed by atoms with van der Waals surface area (Å²) < 4.78 is 12.6. The Hall–Kier alpha value is -1.40. The lowest BCUT2D eigenvalue weighted by Gasteiger charge is -1.88. The molecule has 0 spiro atoms. The number of pyridine rings is 1. The molecule has 0 aromatic carbocycles. The number of nitrogens with zero attached hydrogens (tertiary/aromatic N) is 1. The maximum Gasteiger partial charge on any atom is 0.228 e. The summed E-state index contributed by atoms with van der Waals surface area (Å²) in [6, 6.07) is 3.09. The second kappa shape index (κ2) is 3.69. The Bertz CT molecular complexity index is 300. The molecule has 2 nitrogen and oxygen atoms in total. The predicted molar refractivity (Wildman–Crippen MR) is 38.2 cm³/mol. The molecule has 1 aromatic rings. The number of aliphatic hydroxyl groups is 1. The fourth-order valence-electron chi connectivity index (χ4n) is 0.614. The quantitative estimate of drug-likeness (QED) is 0.434. The van der Waals surface area contributed by atoms with Crippen LogP contribution < -0.4 is 0 Å². The lowest BCUT2D eigenvalue weighted by molar-refractivity contribution is 0.350. The van der Waals surface area contributed by atoms with Gasteiger partial charge in [-0.25, -0.2) is 4.98 Å². The van der Waals surface area contributed by atoms with Gasteiger partial charge < -0.3 is 5.11 Å². The second-order valence-electron chi connectivity index (χ2n) is 1.80. The first-order valence-electron chi connectivity index (χ1n) is 3.05. The summed E-state index contributed by atoms with van der Waals surface area (Å²) in [5.41, 5.74) is 0.210. The van der Waals surface area contributed by atoms with Crippen molar-refractivity contribution in [2.75, 3.05) is 6.61 Å². The van der Waals surface area contributed by atoms with Gasteiger partial charge in [0.2, 0.25) is 5.95 Å². The fourth-order valence-corrected chi connectivity index (χ4v) is 0.614. The van der Waals surface area contributed by atoms with Crippen molar-refractivity contribution in [2.45, 2.75) is 0 Å². The summed E-state index contributed by atoms with van der Waals surface area (Å²) in [6.07, 6.45) is 1.35. The minimum atomic E-state index is -0.603. The third-order valence-electron chi connectivity index (χ3n) is 1.06. The molecule has 0 saturated heterocycles. The van der Waals surface area contributed by atoms with Crippen LogP contribution in [0.1, 0.15) is 5.56 Å². The Labute approximate surface area is 63.7 Å². The van der Waals surface area contributed by atoms with E-state index in [1.54, 1.807) is 6.07 Å². The lowest BCUT2D eigenvalue weighted by Crippen LogP contribution is -1.86. The monoisotopic (exact) mass is 151 g/mol. The van der Waals surface area contributed by atoms with Crippen molar-refractivity contribution in [2.24, 2.45) is 0 Å². The normalized spacial score (nSPS) is 8.55. The van der Waals surface area contributed by atoms with Crippen molar-refractivity contribution >= 4 is 0 Å². The molecular formula is C8H6FNO. The van der Waals surface area contributed by atoms with Crippen LogP contribution in [0, 0.1) is 17.8 Å². The topological polar surface area (TPSA) is 33.1 Å². The van der Waals surface area contributed by atoms with E-state index < -0.39 is 5.95 Å². The van der Waals surface area contributed by atoms with Crippen LogP contribution in [-0.2, 0) is 0 Å². The average Bonchev–Trinajstić information content (AvgIpc) is 2.03. The van der Waals surface area contributed by atoms with Crippen LogP contribution in [-0.4, -0.2) is 16.7 Å². The van der Waals surface area contributed by atoms with E-state index in [0.717, 1.165) is 0 Å². The zero-order valence-corrected chi connectivity index (χ0v) is 5.71. The standard InChI is InChI=1S/C8H6FNO/c9-8-7(4-2-6-11)3-1-5-10-8/h1,3,5,11H,6H2. The average molecular weight is 151 g/mol. The first-order valence-corrected chi connectivity index (χ1v) is 3.05. The van der Waals surface area contributed by atoms with Gasteiger partial charge in [0.25, 0.3) is 0 Å². The molecule has 0 unspecified atom stereocenters. The molecule has 0 aliphatic carbocycles. The lowest BCUT2D eigenvalue weighted by atomic mass is 10.3. The van der Waals surface area contributed by atoms with Gasteiger partial charge in [0, 0.05) is 6.20 Å². The van der Waals surface area contributed by atoms with Gasteiger partial charge in [-0.15, -0.1) is 0 Å². The molecule has 0 atom stereocenters. The number of hydrogen-bond donors (Lipinski definition) is 1. The number of aromatic nitrogens is 1. The Morgan fingerprint density at radius 3 is 3.09 bits per heavy atom. The van der Waals surface area contributed by atoms with Crippen molar-refractivity contribution in [3.63, 3.8) is 0 Å². The van der Waals surface area contributed by atoms with Crippen molar-refractivity contribution in [3.05, 3.63) is 29.8 Å². The summed E-state index contributed by atoms with van der Waals surface area (Å²) >= 11 is 0. The van der Waals surface area contributed by atoms with E-state index in [4.69, 9.17) is 5.11 Å². The van der Waals surface area contributed by atoms with Crippen LogP contribution in [0.4, 0.5) is 4.39 Å². The molecule has 0 bridgehead atoms. The van der Waals surface area contributed by atoms with Gasteiger partial charge in [-0.1, -0.05) is 11.8 Å². The van der Waals surface area contributed by atoms with Gasteiger partial charge in [0.05, 0.1) is 5.56 Å². The summed E-state index contributed by atoms with van der Waals surface area (Å²) in [7, 11) is 0. The number of hydrogen-bond acceptors (Lipinski definition) is 2. The fraction of sp³-hybridized carbons (Fsp3) is 0.125. The number of halogens is 1. The van der Waals surface area contributed by atoms with Crippen molar-refractivity contribution in [1.82, 2.24) is 4.98 Å². The number of aliphatic hydroxyl groups excluding tert-OH is 1. The highest BCUT2D eigenvalue weighted by Gasteiger charge is 1.95. The molecule has 0 radical (unpaired) electrons. The third-order valence-corrected chi connectivity index (χ3v) is 1.06. The van der Waals surface area contributed by atoms with Gasteiger partial charge in [0.15, 0.2) is 0 Å². The zero-order valence-electron chi connectivity index (χ0n) is 5.71. The Morgan fingerprint density at radius 2 is 2.45 bits per heavy atom. The molecule has 11 heavy (non-hydrogen) atoms. The van der Waals surface area contributed by atoms with E-state index in [-0.39, 0.29) is 12.2 Å². The van der Waals surface area contributed by atoms with Gasteiger partial charge in [-0.3, -0.25) is 0 Å². The highest BCUT2D eigenvalue weighted by molar-refractivity contribution is 5.32. The SMILES string of the molecule is OCC#Cc1cccnc1F. The molecule has 0 amide bonds. The molecule has 0 fully saturated rings. The maximum atomic E-state index is 12.6. The summed E-state index contributed by atoms with van der Waals surface area (Å²) in [4.78, 5) is 3.38. The van der Waals surface area contributed by atoms with Gasteiger partial charge in [-0.2, -0.15) is 4.39 Å². The second-order valence-corrected chi connectivity index (χ2v) is 1.80. The Balaban J connectivity index is 2.95. The smallest absolute Gasteiger partial charge is 0.228 e. The highest BCUT2D eigenvalue weighted by Crippen LogP contribution is 1.99. The third kappa shape index (κ3) is 2.03.